The molecule has 0 aliphatic rings. The van der Waals surface area contributed by atoms with Gasteiger partial charge in [0, 0.05) is 23.1 Å². The summed E-state index contributed by atoms with van der Waals surface area (Å²) in [5.74, 6) is 0.418. The topological polar surface area (TPSA) is 58.6 Å². The number of rotatable bonds is 11. The van der Waals surface area contributed by atoms with Crippen LogP contribution < -0.4 is 10.1 Å². The second-order valence-corrected chi connectivity index (χ2v) is 8.90. The minimum absolute atomic E-state index is 0.173. The first-order valence-corrected chi connectivity index (χ1v) is 11.7. The van der Waals surface area contributed by atoms with Crippen molar-refractivity contribution in [3.63, 3.8) is 0 Å². The van der Waals surface area contributed by atoms with Gasteiger partial charge < -0.3 is 15.0 Å². The fourth-order valence-electron chi connectivity index (χ4n) is 3.26. The van der Waals surface area contributed by atoms with Crippen LogP contribution in [0.25, 0.3) is 0 Å². The molecule has 1 unspecified atom stereocenters. The van der Waals surface area contributed by atoms with Gasteiger partial charge >= 0.3 is 0 Å². The summed E-state index contributed by atoms with van der Waals surface area (Å²) in [6.07, 6.45) is 1.85. The van der Waals surface area contributed by atoms with Gasteiger partial charge in [0.1, 0.15) is 11.8 Å². The second kappa shape index (κ2) is 12.7. The first-order chi connectivity index (χ1) is 15.2. The third-order valence-corrected chi connectivity index (χ3v) is 5.83. The monoisotopic (exact) mass is 478 g/mol. The molecular weight excluding hydrogens is 447 g/mol. The summed E-state index contributed by atoms with van der Waals surface area (Å²) in [5.41, 5.74) is 1.73. The van der Waals surface area contributed by atoms with Crippen molar-refractivity contribution in [2.24, 2.45) is 0 Å². The predicted molar refractivity (Wildman–Crippen MR) is 130 cm³/mol. The smallest absolute Gasteiger partial charge is 0.261 e. The molecular formula is C25H32Cl2N2O3. The molecule has 2 aromatic rings. The van der Waals surface area contributed by atoms with Crippen molar-refractivity contribution in [2.45, 2.75) is 59.0 Å². The lowest BCUT2D eigenvalue weighted by Crippen LogP contribution is -2.49. The van der Waals surface area contributed by atoms with E-state index in [0.717, 1.165) is 18.4 Å². The molecule has 0 aliphatic carbocycles. The maximum absolute atomic E-state index is 13.2. The molecule has 5 nitrogen and oxygen atoms in total. The summed E-state index contributed by atoms with van der Waals surface area (Å²) < 4.78 is 5.88. The molecule has 0 saturated carbocycles. The number of nitrogens with one attached hydrogen (secondary N) is 1. The third kappa shape index (κ3) is 7.42. The molecule has 1 N–H and O–H groups in total. The maximum Gasteiger partial charge on any atom is 0.261 e. The number of unbranched alkanes of at least 4 members (excludes halogenated alkanes) is 1. The van der Waals surface area contributed by atoms with E-state index in [1.54, 1.807) is 25.1 Å². The van der Waals surface area contributed by atoms with Crippen LogP contribution in [0, 0.1) is 0 Å². The number of carbonyl (C=O) groups is 2. The summed E-state index contributed by atoms with van der Waals surface area (Å²) in [5, 5.41) is 3.85. The van der Waals surface area contributed by atoms with Crippen molar-refractivity contribution >= 4 is 35.0 Å². The molecule has 0 aliphatic heterocycles. The Morgan fingerprint density at radius 1 is 1.09 bits per heavy atom. The molecule has 2 rings (SSSR count). The molecule has 32 heavy (non-hydrogen) atoms. The maximum atomic E-state index is 13.2. The molecule has 2 aromatic carbocycles. The molecule has 1 atom stereocenters. The van der Waals surface area contributed by atoms with E-state index >= 15 is 0 Å². The van der Waals surface area contributed by atoms with Crippen LogP contribution in [0.3, 0.4) is 0 Å². The third-order valence-electron chi connectivity index (χ3n) is 5.24. The van der Waals surface area contributed by atoms with Crippen LogP contribution in [0.2, 0.25) is 10.0 Å². The number of halogens is 2. The summed E-state index contributed by atoms with van der Waals surface area (Å²) in [7, 11) is 0. The van der Waals surface area contributed by atoms with E-state index in [1.807, 2.05) is 24.3 Å². The van der Waals surface area contributed by atoms with E-state index < -0.39 is 6.04 Å². The second-order valence-electron chi connectivity index (χ2n) is 8.06. The highest BCUT2D eigenvalue weighted by atomic mass is 35.5. The zero-order valence-electron chi connectivity index (χ0n) is 19.2. The van der Waals surface area contributed by atoms with Gasteiger partial charge in [-0.15, -0.1) is 0 Å². The molecule has 0 fully saturated rings. The van der Waals surface area contributed by atoms with Crippen molar-refractivity contribution < 1.29 is 14.3 Å². The van der Waals surface area contributed by atoms with Gasteiger partial charge in [0.05, 0.1) is 0 Å². The number of hydrogen-bond donors (Lipinski definition) is 1. The largest absolute Gasteiger partial charge is 0.483 e. The van der Waals surface area contributed by atoms with E-state index in [-0.39, 0.29) is 30.9 Å². The van der Waals surface area contributed by atoms with Crippen molar-refractivity contribution in [3.05, 3.63) is 63.6 Å². The van der Waals surface area contributed by atoms with Crippen LogP contribution in [0.4, 0.5) is 0 Å². The van der Waals surface area contributed by atoms with Gasteiger partial charge in [0.2, 0.25) is 5.91 Å². The van der Waals surface area contributed by atoms with E-state index in [1.165, 1.54) is 4.90 Å². The van der Waals surface area contributed by atoms with Crippen molar-refractivity contribution in [1.29, 1.82) is 0 Å². The van der Waals surface area contributed by atoms with Gasteiger partial charge in [-0.05, 0) is 48.6 Å². The minimum atomic E-state index is -0.685. The van der Waals surface area contributed by atoms with Crippen LogP contribution in [-0.2, 0) is 16.1 Å². The van der Waals surface area contributed by atoms with Gasteiger partial charge in [-0.1, -0.05) is 74.7 Å². The SMILES string of the molecule is CCCCNC(=O)C(C)N(Cc1ccc(Cl)cc1Cl)C(=O)COc1ccccc1C(C)C. The van der Waals surface area contributed by atoms with Crippen molar-refractivity contribution in [3.8, 4) is 5.75 Å². The highest BCUT2D eigenvalue weighted by molar-refractivity contribution is 6.35. The number of nitrogens with zero attached hydrogens (tertiary/aromatic N) is 1. The Hall–Kier alpha value is -2.24. The molecule has 2 amide bonds. The van der Waals surface area contributed by atoms with Crippen molar-refractivity contribution in [1.82, 2.24) is 10.2 Å². The number of amides is 2. The van der Waals surface area contributed by atoms with Gasteiger partial charge in [-0.25, -0.2) is 0 Å². The molecule has 0 saturated heterocycles. The lowest BCUT2D eigenvalue weighted by Gasteiger charge is -2.29. The zero-order chi connectivity index (χ0) is 23.7. The van der Waals surface area contributed by atoms with E-state index in [9.17, 15) is 9.59 Å². The van der Waals surface area contributed by atoms with Gasteiger partial charge in [0.15, 0.2) is 6.61 Å². The highest BCUT2D eigenvalue weighted by Crippen LogP contribution is 2.26. The Bertz CT molecular complexity index is 918. The number of carbonyl (C=O) groups excluding carboxylic acids is 2. The molecule has 0 aromatic heterocycles. The normalized spacial score (nSPS) is 11.8. The Balaban J connectivity index is 2.20. The van der Waals surface area contributed by atoms with Crippen LogP contribution in [-0.4, -0.2) is 35.9 Å². The Kier molecular flexibility index (Phi) is 10.3. The predicted octanol–water partition coefficient (Wildman–Crippen LogP) is 5.83. The Morgan fingerprint density at radius 3 is 2.47 bits per heavy atom. The Morgan fingerprint density at radius 2 is 1.81 bits per heavy atom. The van der Waals surface area contributed by atoms with E-state index in [0.29, 0.717) is 27.9 Å². The average molecular weight is 479 g/mol. The van der Waals surface area contributed by atoms with Crippen LogP contribution >= 0.6 is 23.2 Å². The summed E-state index contributed by atoms with van der Waals surface area (Å²) in [4.78, 5) is 27.4. The standard InChI is InChI=1S/C25H32Cl2N2O3/c1-5-6-13-28-25(31)18(4)29(15-19-11-12-20(26)14-22(19)27)24(30)16-32-23-10-8-7-9-21(23)17(2)3/h7-12,14,17-18H,5-6,13,15-16H2,1-4H3,(H,28,31). The van der Waals surface area contributed by atoms with Crippen LogP contribution in [0.5, 0.6) is 5.75 Å². The fourth-order valence-corrected chi connectivity index (χ4v) is 3.73. The number of ether oxygens (including phenoxy) is 1. The summed E-state index contributed by atoms with van der Waals surface area (Å²) in [6.45, 7) is 8.48. The number of para-hydroxylation sites is 1. The van der Waals surface area contributed by atoms with E-state index in [2.05, 4.69) is 26.1 Å². The van der Waals surface area contributed by atoms with Gasteiger partial charge in [-0.3, -0.25) is 9.59 Å². The quantitative estimate of drug-likeness (QED) is 0.413. The summed E-state index contributed by atoms with van der Waals surface area (Å²) >= 11 is 12.3. The van der Waals surface area contributed by atoms with E-state index in [4.69, 9.17) is 27.9 Å². The first-order valence-electron chi connectivity index (χ1n) is 11.0. The number of hydrogen-bond acceptors (Lipinski definition) is 3. The zero-order valence-corrected chi connectivity index (χ0v) is 20.7. The van der Waals surface area contributed by atoms with Crippen molar-refractivity contribution in [2.75, 3.05) is 13.2 Å². The average Bonchev–Trinajstić information content (AvgIpc) is 2.76. The molecule has 0 bridgehead atoms. The molecule has 0 radical (unpaired) electrons. The lowest BCUT2D eigenvalue weighted by molar-refractivity contribution is -0.142. The highest BCUT2D eigenvalue weighted by Gasteiger charge is 2.27. The van der Waals surface area contributed by atoms with Gasteiger partial charge in [-0.2, -0.15) is 0 Å². The minimum Gasteiger partial charge on any atom is -0.483 e. The van der Waals surface area contributed by atoms with Crippen LogP contribution in [0.1, 0.15) is 57.6 Å². The lowest BCUT2D eigenvalue weighted by atomic mass is 10.0. The molecule has 0 heterocycles. The number of benzene rings is 2. The first kappa shape index (κ1) is 26.0. The molecule has 7 heteroatoms. The summed E-state index contributed by atoms with van der Waals surface area (Å²) in [6, 6.07) is 12.1. The fraction of sp³-hybridized carbons (Fsp3) is 0.440. The van der Waals surface area contributed by atoms with Gasteiger partial charge in [0.25, 0.3) is 5.91 Å². The van der Waals surface area contributed by atoms with Crippen LogP contribution in [0.15, 0.2) is 42.5 Å². The molecule has 174 valence electrons. The Labute approximate surface area is 201 Å². The molecule has 0 spiro atoms.